The number of benzene rings is 9. The Morgan fingerprint density at radius 3 is 1.69 bits per heavy atom. The van der Waals surface area contributed by atoms with Crippen LogP contribution < -0.4 is 4.90 Å². The molecule has 0 amide bonds. The number of fused-ring (bicyclic) bond motifs is 5. The molecule has 10 aromatic rings. The van der Waals surface area contributed by atoms with E-state index in [4.69, 9.17) is 4.42 Å². The number of rotatable bonds is 7. The Kier molecular flexibility index (Phi) is 8.62. The molecule has 1 heterocycles. The summed E-state index contributed by atoms with van der Waals surface area (Å²) in [7, 11) is 0. The lowest BCUT2D eigenvalue weighted by molar-refractivity contribution is 0.445. The van der Waals surface area contributed by atoms with Crippen molar-refractivity contribution in [2.75, 3.05) is 4.90 Å². The summed E-state index contributed by atoms with van der Waals surface area (Å²) in [5.41, 5.74) is 13.8. The summed E-state index contributed by atoms with van der Waals surface area (Å²) < 4.78 is 6.47. The molecule has 278 valence electrons. The first-order valence-electron chi connectivity index (χ1n) is 20.8. The molecule has 1 aliphatic carbocycles. The zero-order valence-corrected chi connectivity index (χ0v) is 32.4. The first-order valence-corrected chi connectivity index (χ1v) is 20.8. The van der Waals surface area contributed by atoms with Crippen molar-refractivity contribution in [2.24, 2.45) is 0 Å². The zero-order valence-electron chi connectivity index (χ0n) is 32.4. The van der Waals surface area contributed by atoms with Crippen molar-refractivity contribution >= 4 is 60.5 Å². The largest absolute Gasteiger partial charge is 0.456 e. The van der Waals surface area contributed by atoms with Crippen LogP contribution in [0.4, 0.5) is 17.1 Å². The van der Waals surface area contributed by atoms with Gasteiger partial charge in [0, 0.05) is 27.5 Å². The molecule has 9 aromatic carbocycles. The number of anilines is 3. The van der Waals surface area contributed by atoms with Crippen LogP contribution in [-0.4, -0.2) is 0 Å². The Morgan fingerprint density at radius 1 is 0.379 bits per heavy atom. The van der Waals surface area contributed by atoms with Crippen molar-refractivity contribution < 1.29 is 4.42 Å². The molecule has 58 heavy (non-hydrogen) atoms. The first-order chi connectivity index (χ1) is 28.8. The highest BCUT2D eigenvalue weighted by Crippen LogP contribution is 2.50. The fourth-order valence-corrected chi connectivity index (χ4v) is 9.80. The van der Waals surface area contributed by atoms with Gasteiger partial charge in [0.1, 0.15) is 11.2 Å². The predicted molar refractivity (Wildman–Crippen MR) is 246 cm³/mol. The van der Waals surface area contributed by atoms with E-state index in [0.29, 0.717) is 5.92 Å². The molecule has 0 N–H and O–H groups in total. The van der Waals surface area contributed by atoms with E-state index in [1.54, 1.807) is 0 Å². The van der Waals surface area contributed by atoms with Gasteiger partial charge in [0.2, 0.25) is 0 Å². The van der Waals surface area contributed by atoms with Crippen LogP contribution in [0.1, 0.15) is 43.6 Å². The minimum atomic E-state index is 0.572. The minimum Gasteiger partial charge on any atom is -0.456 e. The summed E-state index contributed by atoms with van der Waals surface area (Å²) in [6, 6.07) is 71.1. The number of para-hydroxylation sites is 4. The smallest absolute Gasteiger partial charge is 0.136 e. The lowest BCUT2D eigenvalue weighted by Crippen LogP contribution is -2.14. The van der Waals surface area contributed by atoms with Crippen LogP contribution in [0.2, 0.25) is 0 Å². The van der Waals surface area contributed by atoms with Crippen molar-refractivity contribution in [3.63, 3.8) is 0 Å². The van der Waals surface area contributed by atoms with Gasteiger partial charge in [-0.15, -0.1) is 0 Å². The summed E-state index contributed by atoms with van der Waals surface area (Å²) >= 11 is 0. The van der Waals surface area contributed by atoms with E-state index in [9.17, 15) is 0 Å². The Hall–Kier alpha value is -6.90. The number of furan rings is 1. The van der Waals surface area contributed by atoms with Crippen molar-refractivity contribution in [1.82, 2.24) is 0 Å². The number of hydrogen-bond acceptors (Lipinski definition) is 2. The van der Waals surface area contributed by atoms with Crippen LogP contribution in [0.5, 0.6) is 0 Å². The van der Waals surface area contributed by atoms with Crippen LogP contribution in [0, 0.1) is 0 Å². The van der Waals surface area contributed by atoms with Gasteiger partial charge in [-0.05, 0) is 99.0 Å². The SMILES string of the molecule is c1ccc(N(c2ccccc2-c2cccc3ccccc23)c2ccccc2-c2cccc3cccc(C4CCCCC4)c23)c(-c2ccc3c(c2)oc2ccccc23)c1. The maximum absolute atomic E-state index is 6.47. The van der Waals surface area contributed by atoms with Crippen LogP contribution in [0.3, 0.4) is 0 Å². The van der Waals surface area contributed by atoms with E-state index in [-0.39, 0.29) is 0 Å². The van der Waals surface area contributed by atoms with Crippen molar-refractivity contribution in [1.29, 1.82) is 0 Å². The second-order valence-electron chi connectivity index (χ2n) is 15.8. The minimum absolute atomic E-state index is 0.572. The quantitative estimate of drug-likeness (QED) is 0.162. The molecule has 1 aromatic heterocycles. The average molecular weight is 746 g/mol. The fourth-order valence-electron chi connectivity index (χ4n) is 9.80. The van der Waals surface area contributed by atoms with Gasteiger partial charge in [0.25, 0.3) is 0 Å². The van der Waals surface area contributed by atoms with Crippen molar-refractivity contribution in [3.8, 4) is 33.4 Å². The predicted octanol–water partition coefficient (Wildman–Crippen LogP) is 16.4. The molecule has 1 aliphatic rings. The van der Waals surface area contributed by atoms with Gasteiger partial charge in [-0.1, -0.05) is 177 Å². The first kappa shape index (κ1) is 34.4. The molecule has 1 fully saturated rings. The Labute approximate surface area is 339 Å². The molecular formula is C56H43NO. The maximum Gasteiger partial charge on any atom is 0.136 e. The van der Waals surface area contributed by atoms with Crippen molar-refractivity contribution in [2.45, 2.75) is 38.0 Å². The van der Waals surface area contributed by atoms with Crippen LogP contribution in [0.25, 0.3) is 76.9 Å². The molecule has 2 nitrogen and oxygen atoms in total. The third-order valence-electron chi connectivity index (χ3n) is 12.5. The Balaban J connectivity index is 1.18. The summed E-state index contributed by atoms with van der Waals surface area (Å²) in [6.07, 6.45) is 6.44. The molecule has 0 radical (unpaired) electrons. The second-order valence-corrected chi connectivity index (χ2v) is 15.8. The average Bonchev–Trinajstić information content (AvgIpc) is 3.67. The third-order valence-corrected chi connectivity index (χ3v) is 12.5. The van der Waals surface area contributed by atoms with E-state index < -0.39 is 0 Å². The van der Waals surface area contributed by atoms with Gasteiger partial charge in [0.05, 0.1) is 17.1 Å². The summed E-state index contributed by atoms with van der Waals surface area (Å²) in [5.74, 6) is 0.572. The van der Waals surface area contributed by atoms with Crippen molar-refractivity contribution in [3.05, 3.63) is 200 Å². The lowest BCUT2D eigenvalue weighted by atomic mass is 9.80. The van der Waals surface area contributed by atoms with Gasteiger partial charge >= 0.3 is 0 Å². The van der Waals surface area contributed by atoms with Gasteiger partial charge in [-0.25, -0.2) is 0 Å². The highest BCUT2D eigenvalue weighted by atomic mass is 16.3. The monoisotopic (exact) mass is 745 g/mol. The van der Waals surface area contributed by atoms with Gasteiger partial charge in [-0.2, -0.15) is 0 Å². The molecule has 11 rings (SSSR count). The number of nitrogens with zero attached hydrogens (tertiary/aromatic N) is 1. The van der Waals surface area contributed by atoms with E-state index in [1.807, 2.05) is 6.07 Å². The molecule has 0 aliphatic heterocycles. The molecule has 0 atom stereocenters. The topological polar surface area (TPSA) is 16.4 Å². The van der Waals surface area contributed by atoms with Gasteiger partial charge in [0.15, 0.2) is 0 Å². The third kappa shape index (κ3) is 5.87. The van der Waals surface area contributed by atoms with Gasteiger partial charge in [-0.3, -0.25) is 0 Å². The van der Waals surface area contributed by atoms with E-state index >= 15 is 0 Å². The molecule has 1 saturated carbocycles. The highest BCUT2D eigenvalue weighted by Gasteiger charge is 2.26. The van der Waals surface area contributed by atoms with E-state index in [1.165, 1.54) is 81.5 Å². The second kappa shape index (κ2) is 14.6. The molecular weight excluding hydrogens is 703 g/mol. The highest BCUT2D eigenvalue weighted by molar-refractivity contribution is 6.09. The standard InChI is InChI=1S/C56H43NO/c1-2-17-39(18-3-1)44-28-15-21-40-22-16-30-50(56(40)44)47-26-8-12-33-53(47)57(52-32-11-7-25-46(52)45-29-14-20-38-19-4-5-23-42(38)45)51-31-10-6-24-43(51)41-35-36-49-48-27-9-13-34-54(48)58-55(49)37-41/h4-16,19-37,39H,1-3,17-18H2. The zero-order chi connectivity index (χ0) is 38.4. The summed E-state index contributed by atoms with van der Waals surface area (Å²) in [6.45, 7) is 0. The van der Waals surface area contributed by atoms with Gasteiger partial charge < -0.3 is 9.32 Å². The fraction of sp³-hybridized carbons (Fsp3) is 0.107. The van der Waals surface area contributed by atoms with E-state index in [0.717, 1.165) is 50.1 Å². The molecule has 0 unspecified atom stereocenters. The number of hydrogen-bond donors (Lipinski definition) is 0. The summed E-state index contributed by atoms with van der Waals surface area (Å²) in [5, 5.41) is 7.42. The normalized spacial score (nSPS) is 13.4. The Morgan fingerprint density at radius 2 is 0.914 bits per heavy atom. The summed E-state index contributed by atoms with van der Waals surface area (Å²) in [4.78, 5) is 2.52. The maximum atomic E-state index is 6.47. The van der Waals surface area contributed by atoms with E-state index in [2.05, 4.69) is 193 Å². The Bertz CT molecular complexity index is 3120. The van der Waals surface area contributed by atoms with Crippen LogP contribution in [-0.2, 0) is 0 Å². The molecule has 2 heteroatoms. The molecule has 0 saturated heterocycles. The van der Waals surface area contributed by atoms with Crippen LogP contribution in [0.15, 0.2) is 199 Å². The molecule has 0 bridgehead atoms. The van der Waals surface area contributed by atoms with Crippen LogP contribution >= 0.6 is 0 Å². The lowest BCUT2D eigenvalue weighted by Gasteiger charge is -2.32. The molecule has 0 spiro atoms.